The molecule has 2 aromatic carbocycles. The number of methoxy groups -OCH3 is 1. The Hall–Kier alpha value is -4.13. The molecular weight excluding hydrogens is 430 g/mol. The number of hydrogen-bond acceptors (Lipinski definition) is 5. The van der Waals surface area contributed by atoms with Crippen LogP contribution in [0.1, 0.15) is 28.5 Å². The molecule has 0 aliphatic carbocycles. The molecule has 1 atom stereocenters. The highest BCUT2D eigenvalue weighted by Crippen LogP contribution is 2.19. The molecule has 7 heteroatoms. The number of fused-ring (bicyclic) bond motifs is 1. The van der Waals surface area contributed by atoms with E-state index in [1.165, 1.54) is 7.11 Å². The van der Waals surface area contributed by atoms with Gasteiger partial charge in [-0.2, -0.15) is 0 Å². The SMILES string of the molecule is COC(=O)C(C)CN(Cc1ccccc1)C(=O)c1cccc(OCc2cn3ccccc3n2)c1. The Bertz CT molecular complexity index is 1240. The quantitative estimate of drug-likeness (QED) is 0.349. The van der Waals surface area contributed by atoms with Crippen LogP contribution >= 0.6 is 0 Å². The third-order valence-electron chi connectivity index (χ3n) is 5.48. The highest BCUT2D eigenvalue weighted by molar-refractivity contribution is 5.94. The summed E-state index contributed by atoms with van der Waals surface area (Å²) >= 11 is 0. The number of pyridine rings is 1. The molecule has 0 saturated heterocycles. The molecule has 0 fully saturated rings. The molecule has 34 heavy (non-hydrogen) atoms. The first kappa shape index (κ1) is 23.0. The van der Waals surface area contributed by atoms with Crippen LogP contribution in [-0.2, 0) is 22.7 Å². The predicted octanol–water partition coefficient (Wildman–Crippen LogP) is 4.36. The summed E-state index contributed by atoms with van der Waals surface area (Å²) < 4.78 is 12.7. The van der Waals surface area contributed by atoms with Crippen LogP contribution in [0.25, 0.3) is 5.65 Å². The van der Waals surface area contributed by atoms with Gasteiger partial charge in [0.15, 0.2) is 0 Å². The number of esters is 1. The van der Waals surface area contributed by atoms with E-state index < -0.39 is 5.92 Å². The van der Waals surface area contributed by atoms with Crippen LogP contribution in [0.4, 0.5) is 0 Å². The number of aromatic nitrogens is 2. The lowest BCUT2D eigenvalue weighted by Crippen LogP contribution is -2.36. The van der Waals surface area contributed by atoms with Crippen LogP contribution in [0.15, 0.2) is 85.2 Å². The van der Waals surface area contributed by atoms with Gasteiger partial charge in [-0.3, -0.25) is 9.59 Å². The molecule has 2 aromatic heterocycles. The molecule has 2 heterocycles. The first-order valence-corrected chi connectivity index (χ1v) is 11.1. The van der Waals surface area contributed by atoms with Gasteiger partial charge in [0.05, 0.1) is 18.7 Å². The molecule has 0 aliphatic rings. The van der Waals surface area contributed by atoms with Crippen LogP contribution < -0.4 is 4.74 Å². The Morgan fingerprint density at radius 3 is 2.59 bits per heavy atom. The van der Waals surface area contributed by atoms with Gasteiger partial charge in [-0.1, -0.05) is 49.4 Å². The molecule has 0 bridgehead atoms. The topological polar surface area (TPSA) is 73.1 Å². The van der Waals surface area contributed by atoms with E-state index in [-0.39, 0.29) is 25.0 Å². The maximum Gasteiger partial charge on any atom is 0.310 e. The monoisotopic (exact) mass is 457 g/mol. The van der Waals surface area contributed by atoms with E-state index in [0.717, 1.165) is 16.9 Å². The van der Waals surface area contributed by atoms with Gasteiger partial charge in [-0.05, 0) is 35.9 Å². The van der Waals surface area contributed by atoms with Crippen molar-refractivity contribution < 1.29 is 19.1 Å². The van der Waals surface area contributed by atoms with Crippen LogP contribution in [0.3, 0.4) is 0 Å². The molecule has 0 spiro atoms. The van der Waals surface area contributed by atoms with Crippen molar-refractivity contribution in [2.45, 2.75) is 20.1 Å². The Morgan fingerprint density at radius 2 is 1.82 bits per heavy atom. The third kappa shape index (κ3) is 5.61. The summed E-state index contributed by atoms with van der Waals surface area (Å²) in [7, 11) is 1.35. The second-order valence-electron chi connectivity index (χ2n) is 8.11. The van der Waals surface area contributed by atoms with Gasteiger partial charge in [0.2, 0.25) is 0 Å². The van der Waals surface area contributed by atoms with E-state index in [1.807, 2.05) is 71.4 Å². The molecule has 1 unspecified atom stereocenters. The molecule has 4 aromatic rings. The summed E-state index contributed by atoms with van der Waals surface area (Å²) in [5.74, 6) is -0.413. The third-order valence-corrected chi connectivity index (χ3v) is 5.48. The van der Waals surface area contributed by atoms with Crippen molar-refractivity contribution in [3.63, 3.8) is 0 Å². The molecule has 0 radical (unpaired) electrons. The Balaban J connectivity index is 1.49. The minimum atomic E-state index is -0.452. The second kappa shape index (κ2) is 10.7. The Kier molecular flexibility index (Phi) is 7.22. The average Bonchev–Trinajstić information content (AvgIpc) is 3.30. The molecule has 4 rings (SSSR count). The lowest BCUT2D eigenvalue weighted by atomic mass is 10.1. The van der Waals surface area contributed by atoms with Gasteiger partial charge < -0.3 is 18.8 Å². The summed E-state index contributed by atoms with van der Waals surface area (Å²) in [6, 6.07) is 22.6. The molecule has 0 saturated carbocycles. The summed E-state index contributed by atoms with van der Waals surface area (Å²) in [5, 5.41) is 0. The lowest BCUT2D eigenvalue weighted by molar-refractivity contribution is -0.145. The molecule has 1 amide bonds. The van der Waals surface area contributed by atoms with Crippen molar-refractivity contribution in [3.05, 3.63) is 102 Å². The van der Waals surface area contributed by atoms with Crippen LogP contribution in [0, 0.1) is 5.92 Å². The number of hydrogen-bond donors (Lipinski definition) is 0. The number of rotatable bonds is 9. The lowest BCUT2D eigenvalue weighted by Gasteiger charge is -2.25. The van der Waals surface area contributed by atoms with Gasteiger partial charge in [0.25, 0.3) is 5.91 Å². The number of imidazole rings is 1. The van der Waals surface area contributed by atoms with E-state index in [4.69, 9.17) is 9.47 Å². The average molecular weight is 458 g/mol. The van der Waals surface area contributed by atoms with Gasteiger partial charge in [-0.15, -0.1) is 0 Å². The van der Waals surface area contributed by atoms with Crippen molar-refractivity contribution in [2.24, 2.45) is 5.92 Å². The number of ether oxygens (including phenoxy) is 2. The highest BCUT2D eigenvalue weighted by Gasteiger charge is 2.23. The smallest absolute Gasteiger partial charge is 0.310 e. The largest absolute Gasteiger partial charge is 0.487 e. The zero-order valence-corrected chi connectivity index (χ0v) is 19.3. The summed E-state index contributed by atoms with van der Waals surface area (Å²) in [5.41, 5.74) is 3.11. The fourth-order valence-corrected chi connectivity index (χ4v) is 3.74. The van der Waals surface area contributed by atoms with E-state index >= 15 is 0 Å². The molecule has 174 valence electrons. The molecule has 0 aliphatic heterocycles. The Morgan fingerprint density at radius 1 is 1.03 bits per heavy atom. The van der Waals surface area contributed by atoms with Crippen LogP contribution in [-0.4, -0.2) is 39.8 Å². The fraction of sp³-hybridized carbons (Fsp3) is 0.222. The van der Waals surface area contributed by atoms with Crippen LogP contribution in [0.2, 0.25) is 0 Å². The minimum Gasteiger partial charge on any atom is -0.487 e. The van der Waals surface area contributed by atoms with Gasteiger partial charge in [0, 0.05) is 31.0 Å². The van der Waals surface area contributed by atoms with Crippen molar-refractivity contribution in [1.29, 1.82) is 0 Å². The van der Waals surface area contributed by atoms with E-state index in [0.29, 0.717) is 17.9 Å². The van der Waals surface area contributed by atoms with E-state index in [9.17, 15) is 9.59 Å². The number of benzene rings is 2. The first-order chi connectivity index (χ1) is 16.5. The van der Waals surface area contributed by atoms with E-state index in [1.54, 1.807) is 30.0 Å². The zero-order valence-electron chi connectivity index (χ0n) is 19.3. The summed E-state index contributed by atoms with van der Waals surface area (Å²) in [6.45, 7) is 2.66. The summed E-state index contributed by atoms with van der Waals surface area (Å²) in [6.07, 6.45) is 3.85. The number of nitrogens with zero attached hydrogens (tertiary/aromatic N) is 3. The first-order valence-electron chi connectivity index (χ1n) is 11.1. The maximum absolute atomic E-state index is 13.4. The van der Waals surface area contributed by atoms with Crippen molar-refractivity contribution in [1.82, 2.24) is 14.3 Å². The maximum atomic E-state index is 13.4. The number of carbonyl (C=O) groups is 2. The van der Waals surface area contributed by atoms with Gasteiger partial charge in [0.1, 0.15) is 18.0 Å². The molecule has 7 nitrogen and oxygen atoms in total. The summed E-state index contributed by atoms with van der Waals surface area (Å²) in [4.78, 5) is 31.7. The second-order valence-corrected chi connectivity index (χ2v) is 8.11. The predicted molar refractivity (Wildman–Crippen MR) is 128 cm³/mol. The van der Waals surface area contributed by atoms with Crippen molar-refractivity contribution >= 4 is 17.5 Å². The van der Waals surface area contributed by atoms with Gasteiger partial charge >= 0.3 is 5.97 Å². The normalized spacial score (nSPS) is 11.7. The minimum absolute atomic E-state index is 0.183. The molecule has 0 N–H and O–H groups in total. The van der Waals surface area contributed by atoms with Crippen molar-refractivity contribution in [3.8, 4) is 5.75 Å². The highest BCUT2D eigenvalue weighted by atomic mass is 16.5. The number of amides is 1. The molecular formula is C27H27N3O4. The standard InChI is InChI=1S/C27H27N3O4/c1-20(27(32)33-2)16-30(17-21-9-4-3-5-10-21)26(31)22-11-8-12-24(15-22)34-19-23-18-29-14-7-6-13-25(29)28-23/h3-15,18,20H,16-17,19H2,1-2H3. The number of carbonyl (C=O) groups excluding carboxylic acids is 2. The van der Waals surface area contributed by atoms with Crippen molar-refractivity contribution in [2.75, 3.05) is 13.7 Å². The Labute approximate surface area is 198 Å². The van der Waals surface area contributed by atoms with Crippen LogP contribution in [0.5, 0.6) is 5.75 Å². The fourth-order valence-electron chi connectivity index (χ4n) is 3.74. The van der Waals surface area contributed by atoms with Gasteiger partial charge in [-0.25, -0.2) is 4.98 Å². The zero-order chi connectivity index (χ0) is 23.9. The van der Waals surface area contributed by atoms with E-state index in [2.05, 4.69) is 4.98 Å².